The molecule has 6 nitrogen and oxygen atoms in total. The van der Waals surface area contributed by atoms with E-state index in [1.165, 1.54) is 0 Å². The Morgan fingerprint density at radius 3 is 2.95 bits per heavy atom. The number of carbonyl (C=O) groups excluding carboxylic acids is 1. The zero-order valence-corrected chi connectivity index (χ0v) is 11.8. The summed E-state index contributed by atoms with van der Waals surface area (Å²) in [6.45, 7) is 5.48. The second-order valence-electron chi connectivity index (χ2n) is 5.44. The summed E-state index contributed by atoms with van der Waals surface area (Å²) in [6.07, 6.45) is 7.56. The van der Waals surface area contributed by atoms with E-state index in [0.717, 1.165) is 37.2 Å². The summed E-state index contributed by atoms with van der Waals surface area (Å²) in [6, 6.07) is 0.219. The van der Waals surface area contributed by atoms with Crippen molar-refractivity contribution in [2.24, 2.45) is 0 Å². The van der Waals surface area contributed by atoms with Crippen LogP contribution in [0.4, 0.5) is 0 Å². The number of H-pyrrole nitrogens is 1. The Kier molecular flexibility index (Phi) is 3.30. The Labute approximate surface area is 117 Å². The van der Waals surface area contributed by atoms with Gasteiger partial charge in [0.2, 0.25) is 0 Å². The molecule has 20 heavy (non-hydrogen) atoms. The van der Waals surface area contributed by atoms with Crippen molar-refractivity contribution in [2.75, 3.05) is 6.54 Å². The van der Waals surface area contributed by atoms with Crippen molar-refractivity contribution in [1.29, 1.82) is 0 Å². The molecule has 1 N–H and O–H groups in total. The molecule has 0 radical (unpaired) electrons. The SMILES string of the molecule is Cc1cnn(C[C@@H]2CCCN2C(=O)c2cn[nH]c2C)c1. The first-order chi connectivity index (χ1) is 9.65. The van der Waals surface area contributed by atoms with Crippen LogP contribution in [0.5, 0.6) is 0 Å². The summed E-state index contributed by atoms with van der Waals surface area (Å²) in [5.74, 6) is 0.0719. The number of amides is 1. The van der Waals surface area contributed by atoms with Gasteiger partial charge in [0, 0.05) is 18.4 Å². The molecule has 3 rings (SSSR count). The first-order valence-electron chi connectivity index (χ1n) is 6.95. The zero-order chi connectivity index (χ0) is 14.1. The maximum atomic E-state index is 12.6. The molecule has 0 aliphatic carbocycles. The van der Waals surface area contributed by atoms with Crippen LogP contribution in [0, 0.1) is 13.8 Å². The van der Waals surface area contributed by atoms with Gasteiger partial charge in [-0.1, -0.05) is 0 Å². The fourth-order valence-electron chi connectivity index (χ4n) is 2.80. The van der Waals surface area contributed by atoms with Crippen LogP contribution in [0.25, 0.3) is 0 Å². The second kappa shape index (κ2) is 5.11. The van der Waals surface area contributed by atoms with Gasteiger partial charge in [-0.25, -0.2) is 0 Å². The highest BCUT2D eigenvalue weighted by atomic mass is 16.2. The lowest BCUT2D eigenvalue weighted by Gasteiger charge is -2.24. The molecule has 1 aliphatic rings. The third-order valence-electron chi connectivity index (χ3n) is 3.86. The molecule has 1 amide bonds. The summed E-state index contributed by atoms with van der Waals surface area (Å²) in [4.78, 5) is 14.5. The molecule has 0 unspecified atom stereocenters. The quantitative estimate of drug-likeness (QED) is 0.922. The van der Waals surface area contributed by atoms with Gasteiger partial charge < -0.3 is 4.90 Å². The van der Waals surface area contributed by atoms with Crippen LogP contribution in [0.15, 0.2) is 18.6 Å². The molecular formula is C14H19N5O. The highest BCUT2D eigenvalue weighted by molar-refractivity contribution is 5.95. The van der Waals surface area contributed by atoms with Gasteiger partial charge in [-0.2, -0.15) is 10.2 Å². The van der Waals surface area contributed by atoms with Gasteiger partial charge in [0.25, 0.3) is 5.91 Å². The molecule has 1 saturated heterocycles. The van der Waals surface area contributed by atoms with Crippen LogP contribution >= 0.6 is 0 Å². The zero-order valence-electron chi connectivity index (χ0n) is 11.8. The number of aryl methyl sites for hydroxylation is 2. The highest BCUT2D eigenvalue weighted by Gasteiger charge is 2.30. The summed E-state index contributed by atoms with van der Waals surface area (Å²) in [5, 5.41) is 11.1. The average molecular weight is 273 g/mol. The minimum atomic E-state index is 0.0719. The van der Waals surface area contributed by atoms with E-state index in [-0.39, 0.29) is 11.9 Å². The maximum absolute atomic E-state index is 12.6. The van der Waals surface area contributed by atoms with E-state index in [1.807, 2.05) is 35.8 Å². The Morgan fingerprint density at radius 2 is 2.30 bits per heavy atom. The third-order valence-corrected chi connectivity index (χ3v) is 3.86. The molecular weight excluding hydrogens is 254 g/mol. The second-order valence-corrected chi connectivity index (χ2v) is 5.44. The van der Waals surface area contributed by atoms with Crippen LogP contribution in [0.3, 0.4) is 0 Å². The van der Waals surface area contributed by atoms with Gasteiger partial charge >= 0.3 is 0 Å². The number of nitrogens with one attached hydrogen (secondary N) is 1. The van der Waals surface area contributed by atoms with Gasteiger partial charge in [-0.3, -0.25) is 14.6 Å². The predicted molar refractivity (Wildman–Crippen MR) is 74.3 cm³/mol. The Hall–Kier alpha value is -2.11. The van der Waals surface area contributed by atoms with Crippen molar-refractivity contribution < 1.29 is 4.79 Å². The summed E-state index contributed by atoms with van der Waals surface area (Å²) in [5.41, 5.74) is 2.65. The van der Waals surface area contributed by atoms with E-state index in [9.17, 15) is 4.79 Å². The van der Waals surface area contributed by atoms with Gasteiger partial charge in [0.1, 0.15) is 0 Å². The maximum Gasteiger partial charge on any atom is 0.257 e. The molecule has 1 atom stereocenters. The van der Waals surface area contributed by atoms with E-state index in [0.29, 0.717) is 5.56 Å². The van der Waals surface area contributed by atoms with E-state index in [4.69, 9.17) is 0 Å². The summed E-state index contributed by atoms with van der Waals surface area (Å²) < 4.78 is 1.92. The fraction of sp³-hybridized carbons (Fsp3) is 0.500. The molecule has 1 aliphatic heterocycles. The first-order valence-corrected chi connectivity index (χ1v) is 6.95. The minimum absolute atomic E-state index is 0.0719. The molecule has 2 aromatic rings. The lowest BCUT2D eigenvalue weighted by Crippen LogP contribution is -2.38. The molecule has 6 heteroatoms. The number of hydrogen-bond acceptors (Lipinski definition) is 3. The Morgan fingerprint density at radius 1 is 1.45 bits per heavy atom. The van der Waals surface area contributed by atoms with E-state index < -0.39 is 0 Å². The Bertz CT molecular complexity index is 615. The standard InChI is InChI=1S/C14H19N5O/c1-10-6-16-18(8-10)9-12-4-3-5-19(12)14(20)13-7-15-17-11(13)2/h6-8,12H,3-5,9H2,1-2H3,(H,15,17)/t12-/m0/s1. The first kappa shape index (κ1) is 12.9. The molecule has 0 aromatic carbocycles. The lowest BCUT2D eigenvalue weighted by molar-refractivity contribution is 0.0721. The topological polar surface area (TPSA) is 66.8 Å². The van der Waals surface area contributed by atoms with Crippen LogP contribution < -0.4 is 0 Å². The van der Waals surface area contributed by atoms with Crippen molar-refractivity contribution >= 4 is 5.91 Å². The summed E-state index contributed by atoms with van der Waals surface area (Å²) >= 11 is 0. The van der Waals surface area contributed by atoms with Crippen molar-refractivity contribution in [2.45, 2.75) is 39.3 Å². The molecule has 0 saturated carbocycles. The van der Waals surface area contributed by atoms with Crippen LogP contribution in [-0.4, -0.2) is 43.4 Å². The number of rotatable bonds is 3. The van der Waals surface area contributed by atoms with Gasteiger partial charge in [0.05, 0.1) is 30.5 Å². The van der Waals surface area contributed by atoms with E-state index in [2.05, 4.69) is 15.3 Å². The molecule has 3 heterocycles. The van der Waals surface area contributed by atoms with Crippen molar-refractivity contribution in [3.8, 4) is 0 Å². The molecule has 0 bridgehead atoms. The Balaban J connectivity index is 1.75. The lowest BCUT2D eigenvalue weighted by atomic mass is 10.2. The number of aromatic nitrogens is 4. The van der Waals surface area contributed by atoms with Crippen LogP contribution in [0.1, 0.15) is 34.5 Å². The van der Waals surface area contributed by atoms with E-state index in [1.54, 1.807) is 6.20 Å². The number of nitrogens with zero attached hydrogens (tertiary/aromatic N) is 4. The molecule has 2 aromatic heterocycles. The average Bonchev–Trinajstić information content (AvgIpc) is 3.11. The largest absolute Gasteiger partial charge is 0.334 e. The van der Waals surface area contributed by atoms with Crippen LogP contribution in [0.2, 0.25) is 0 Å². The van der Waals surface area contributed by atoms with Gasteiger partial charge in [0.15, 0.2) is 0 Å². The number of aromatic amines is 1. The predicted octanol–water partition coefficient (Wildman–Crippen LogP) is 1.53. The van der Waals surface area contributed by atoms with Gasteiger partial charge in [-0.15, -0.1) is 0 Å². The van der Waals surface area contributed by atoms with Crippen molar-refractivity contribution in [3.05, 3.63) is 35.4 Å². The van der Waals surface area contributed by atoms with E-state index >= 15 is 0 Å². The molecule has 1 fully saturated rings. The van der Waals surface area contributed by atoms with Crippen molar-refractivity contribution in [1.82, 2.24) is 24.9 Å². The third kappa shape index (κ3) is 2.33. The fourth-order valence-corrected chi connectivity index (χ4v) is 2.80. The minimum Gasteiger partial charge on any atom is -0.334 e. The van der Waals surface area contributed by atoms with Gasteiger partial charge in [-0.05, 0) is 32.3 Å². The number of carbonyl (C=O) groups is 1. The number of hydrogen-bond donors (Lipinski definition) is 1. The molecule has 0 spiro atoms. The van der Waals surface area contributed by atoms with Crippen molar-refractivity contribution in [3.63, 3.8) is 0 Å². The molecule has 106 valence electrons. The smallest absolute Gasteiger partial charge is 0.257 e. The monoisotopic (exact) mass is 273 g/mol. The number of likely N-dealkylation sites (tertiary alicyclic amines) is 1. The highest BCUT2D eigenvalue weighted by Crippen LogP contribution is 2.22. The summed E-state index contributed by atoms with van der Waals surface area (Å²) in [7, 11) is 0. The van der Waals surface area contributed by atoms with Crippen LogP contribution in [-0.2, 0) is 6.54 Å². The normalized spacial score (nSPS) is 18.7.